The molecule has 4 rings (SSSR count). The normalized spacial score (nSPS) is 18.2. The second kappa shape index (κ2) is 7.36. The number of nitrogens with one attached hydrogen (secondary N) is 1. The van der Waals surface area contributed by atoms with E-state index in [0.717, 1.165) is 11.3 Å². The lowest BCUT2D eigenvalue weighted by Gasteiger charge is -2.25. The maximum atomic E-state index is 12.8. The number of hydrogen-bond donors (Lipinski definition) is 1. The van der Waals surface area contributed by atoms with Crippen molar-refractivity contribution in [3.8, 4) is 11.5 Å². The van der Waals surface area contributed by atoms with E-state index in [0.29, 0.717) is 36.9 Å². The van der Waals surface area contributed by atoms with Crippen molar-refractivity contribution in [3.05, 3.63) is 58.1 Å². The van der Waals surface area contributed by atoms with E-state index >= 15 is 0 Å². The molecule has 0 aliphatic carbocycles. The number of ether oxygens (including phenoxy) is 2. The van der Waals surface area contributed by atoms with E-state index in [1.165, 1.54) is 12.1 Å². The standard InChI is InChI=1S/C18H17N3O5S/c22-18(19-13-3-6-15-16(11-13)26-9-8-25-15)20-7-10-27-17(20)12-1-4-14(5-2-12)21(23)24/h1-6,11,17H,7-10H2,(H,19,22). The minimum absolute atomic E-state index is 0.0361. The SMILES string of the molecule is O=C(Nc1ccc2c(c1)OCCO2)N1CCSC1c1ccc([N+](=O)[O-])cc1. The van der Waals surface area contributed by atoms with Gasteiger partial charge in [-0.05, 0) is 29.8 Å². The van der Waals surface area contributed by atoms with Gasteiger partial charge >= 0.3 is 6.03 Å². The number of nitro groups is 1. The van der Waals surface area contributed by atoms with Crippen molar-refractivity contribution >= 4 is 29.2 Å². The first-order valence-corrected chi connectivity index (χ1v) is 9.50. The van der Waals surface area contributed by atoms with Crippen LogP contribution in [-0.4, -0.2) is 41.4 Å². The van der Waals surface area contributed by atoms with Gasteiger partial charge in [0.1, 0.15) is 18.6 Å². The van der Waals surface area contributed by atoms with Crippen molar-refractivity contribution in [2.45, 2.75) is 5.37 Å². The maximum absolute atomic E-state index is 12.8. The van der Waals surface area contributed by atoms with Crippen molar-refractivity contribution < 1.29 is 19.2 Å². The fourth-order valence-corrected chi connectivity index (χ4v) is 4.29. The lowest BCUT2D eigenvalue weighted by molar-refractivity contribution is -0.384. The molecule has 9 heteroatoms. The van der Waals surface area contributed by atoms with Gasteiger partial charge in [-0.3, -0.25) is 10.1 Å². The van der Waals surface area contributed by atoms with Crippen LogP contribution < -0.4 is 14.8 Å². The zero-order chi connectivity index (χ0) is 18.8. The van der Waals surface area contributed by atoms with Gasteiger partial charge in [-0.1, -0.05) is 0 Å². The molecule has 2 amide bonds. The Morgan fingerprint density at radius 1 is 1.15 bits per heavy atom. The molecule has 2 aromatic carbocycles. The molecule has 140 valence electrons. The Kier molecular flexibility index (Phi) is 4.76. The molecule has 0 spiro atoms. The molecule has 8 nitrogen and oxygen atoms in total. The summed E-state index contributed by atoms with van der Waals surface area (Å²) in [5.74, 6) is 2.08. The van der Waals surface area contributed by atoms with Gasteiger partial charge in [0.2, 0.25) is 0 Å². The Labute approximate surface area is 159 Å². The highest BCUT2D eigenvalue weighted by molar-refractivity contribution is 7.99. The molecule has 1 N–H and O–H groups in total. The van der Waals surface area contributed by atoms with Crippen LogP contribution in [0.5, 0.6) is 11.5 Å². The first-order valence-electron chi connectivity index (χ1n) is 8.45. The smallest absolute Gasteiger partial charge is 0.323 e. The van der Waals surface area contributed by atoms with Crippen LogP contribution >= 0.6 is 11.8 Å². The molecule has 1 saturated heterocycles. The first kappa shape index (κ1) is 17.5. The van der Waals surface area contributed by atoms with E-state index in [1.54, 1.807) is 47.0 Å². The minimum atomic E-state index is -0.433. The number of hydrogen-bond acceptors (Lipinski definition) is 6. The number of nitrogens with zero attached hydrogens (tertiary/aromatic N) is 2. The molecule has 1 unspecified atom stereocenters. The van der Waals surface area contributed by atoms with Gasteiger partial charge in [0.25, 0.3) is 5.69 Å². The van der Waals surface area contributed by atoms with Crippen molar-refractivity contribution in [2.75, 3.05) is 30.8 Å². The summed E-state index contributed by atoms with van der Waals surface area (Å²) in [6.45, 7) is 1.60. The number of fused-ring (bicyclic) bond motifs is 1. The molecule has 2 aliphatic rings. The molecule has 2 aliphatic heterocycles. The highest BCUT2D eigenvalue weighted by Gasteiger charge is 2.31. The summed E-state index contributed by atoms with van der Waals surface area (Å²) in [5, 5.41) is 13.5. The zero-order valence-electron chi connectivity index (χ0n) is 14.3. The number of rotatable bonds is 3. The van der Waals surface area contributed by atoms with Gasteiger partial charge in [0, 0.05) is 36.2 Å². The predicted molar refractivity (Wildman–Crippen MR) is 101 cm³/mol. The summed E-state index contributed by atoms with van der Waals surface area (Å²) in [6, 6.07) is 11.4. The largest absolute Gasteiger partial charge is 0.486 e. The average molecular weight is 387 g/mol. The van der Waals surface area contributed by atoms with Crippen LogP contribution in [0.15, 0.2) is 42.5 Å². The fraction of sp³-hybridized carbons (Fsp3) is 0.278. The first-order chi connectivity index (χ1) is 13.1. The highest BCUT2D eigenvalue weighted by Crippen LogP contribution is 2.39. The predicted octanol–water partition coefficient (Wildman–Crippen LogP) is 3.65. The summed E-state index contributed by atoms with van der Waals surface area (Å²) in [5.41, 5.74) is 1.53. The number of carbonyl (C=O) groups excluding carboxylic acids is 1. The molecular weight excluding hydrogens is 370 g/mol. The number of non-ortho nitro benzene ring substituents is 1. The van der Waals surface area contributed by atoms with Gasteiger partial charge in [0.05, 0.1) is 4.92 Å². The molecule has 1 atom stereocenters. The Morgan fingerprint density at radius 2 is 1.89 bits per heavy atom. The molecule has 0 radical (unpaired) electrons. The maximum Gasteiger partial charge on any atom is 0.323 e. The third-order valence-electron chi connectivity index (χ3n) is 4.33. The van der Waals surface area contributed by atoms with Crippen molar-refractivity contribution in [2.24, 2.45) is 0 Å². The summed E-state index contributed by atoms with van der Waals surface area (Å²) in [7, 11) is 0. The number of urea groups is 1. The number of nitro benzene ring substituents is 1. The summed E-state index contributed by atoms with van der Waals surface area (Å²) in [4.78, 5) is 24.9. The lowest BCUT2D eigenvalue weighted by Crippen LogP contribution is -2.34. The summed E-state index contributed by atoms with van der Waals surface area (Å²) < 4.78 is 11.0. The molecule has 0 saturated carbocycles. The van der Waals surface area contributed by atoms with E-state index in [1.807, 2.05) is 0 Å². The fourth-order valence-electron chi connectivity index (χ4n) is 3.03. The van der Waals surface area contributed by atoms with Crippen LogP contribution in [0.2, 0.25) is 0 Å². The Hall–Kier alpha value is -2.94. The summed E-state index contributed by atoms with van der Waals surface area (Å²) in [6.07, 6.45) is 0. The number of thioether (sulfide) groups is 1. The Balaban J connectivity index is 1.48. The second-order valence-corrected chi connectivity index (χ2v) is 7.24. The number of anilines is 1. The van der Waals surface area contributed by atoms with Crippen LogP contribution in [0.4, 0.5) is 16.2 Å². The van der Waals surface area contributed by atoms with E-state index in [9.17, 15) is 14.9 Å². The zero-order valence-corrected chi connectivity index (χ0v) is 15.1. The van der Waals surface area contributed by atoms with Crippen LogP contribution in [0, 0.1) is 10.1 Å². The number of carbonyl (C=O) groups is 1. The van der Waals surface area contributed by atoms with E-state index in [4.69, 9.17) is 9.47 Å². The lowest BCUT2D eigenvalue weighted by atomic mass is 10.2. The van der Waals surface area contributed by atoms with Crippen LogP contribution in [0.3, 0.4) is 0 Å². The van der Waals surface area contributed by atoms with Crippen molar-refractivity contribution in [3.63, 3.8) is 0 Å². The monoisotopic (exact) mass is 387 g/mol. The number of benzene rings is 2. The van der Waals surface area contributed by atoms with Crippen LogP contribution in [0.1, 0.15) is 10.9 Å². The minimum Gasteiger partial charge on any atom is -0.486 e. The number of amides is 2. The van der Waals surface area contributed by atoms with Crippen LogP contribution in [-0.2, 0) is 0 Å². The van der Waals surface area contributed by atoms with Crippen LogP contribution in [0.25, 0.3) is 0 Å². The van der Waals surface area contributed by atoms with E-state index in [-0.39, 0.29) is 17.1 Å². The van der Waals surface area contributed by atoms with Crippen molar-refractivity contribution in [1.82, 2.24) is 4.90 Å². The second-order valence-electron chi connectivity index (χ2n) is 6.05. The van der Waals surface area contributed by atoms with E-state index in [2.05, 4.69) is 5.32 Å². The highest BCUT2D eigenvalue weighted by atomic mass is 32.2. The third-order valence-corrected chi connectivity index (χ3v) is 5.60. The quantitative estimate of drug-likeness (QED) is 0.638. The summed E-state index contributed by atoms with van der Waals surface area (Å²) >= 11 is 1.63. The Bertz CT molecular complexity index is 874. The van der Waals surface area contributed by atoms with Gasteiger partial charge < -0.3 is 19.7 Å². The van der Waals surface area contributed by atoms with Gasteiger partial charge in [-0.2, -0.15) is 0 Å². The topological polar surface area (TPSA) is 93.9 Å². The van der Waals surface area contributed by atoms with Crippen molar-refractivity contribution in [1.29, 1.82) is 0 Å². The molecule has 2 aromatic rings. The van der Waals surface area contributed by atoms with Gasteiger partial charge in [-0.15, -0.1) is 11.8 Å². The Morgan fingerprint density at radius 3 is 2.63 bits per heavy atom. The third kappa shape index (κ3) is 3.63. The average Bonchev–Trinajstić information content (AvgIpc) is 3.18. The molecule has 27 heavy (non-hydrogen) atoms. The molecule has 0 aromatic heterocycles. The molecule has 0 bridgehead atoms. The van der Waals surface area contributed by atoms with Gasteiger partial charge in [-0.25, -0.2) is 4.79 Å². The molecular formula is C18H17N3O5S. The molecule has 1 fully saturated rings. The van der Waals surface area contributed by atoms with E-state index < -0.39 is 4.92 Å². The molecule has 2 heterocycles. The van der Waals surface area contributed by atoms with Gasteiger partial charge in [0.15, 0.2) is 11.5 Å².